The van der Waals surface area contributed by atoms with Crippen molar-refractivity contribution in [2.75, 3.05) is 5.32 Å². The smallest absolute Gasteiger partial charge is 0.184 e. The fraction of sp³-hybridized carbons (Fsp3) is 0.364. The topological polar surface area (TPSA) is 24.9 Å². The van der Waals surface area contributed by atoms with Crippen LogP contribution < -0.4 is 5.32 Å². The van der Waals surface area contributed by atoms with E-state index in [1.807, 2.05) is 18.2 Å². The van der Waals surface area contributed by atoms with Crippen molar-refractivity contribution in [3.63, 3.8) is 0 Å². The summed E-state index contributed by atoms with van der Waals surface area (Å²) in [7, 11) is 0. The standard InChI is InChI=1S/C11H11ClN2S/c1-6-5-9(6)14-11-13-8-4-2-3-7(12)10(8)15-11/h2-4,6,9H,5H2,1H3,(H,13,14). The Hall–Kier alpha value is -0.800. The molecule has 2 aromatic rings. The molecule has 0 spiro atoms. The van der Waals surface area contributed by atoms with Crippen LogP contribution in [0.4, 0.5) is 5.13 Å². The van der Waals surface area contributed by atoms with E-state index in [0.717, 1.165) is 26.3 Å². The van der Waals surface area contributed by atoms with Crippen LogP contribution in [-0.2, 0) is 0 Å². The zero-order valence-electron chi connectivity index (χ0n) is 8.33. The lowest BCUT2D eigenvalue weighted by atomic mass is 10.3. The number of hydrogen-bond acceptors (Lipinski definition) is 3. The Morgan fingerprint density at radius 1 is 1.53 bits per heavy atom. The highest BCUT2D eigenvalue weighted by Crippen LogP contribution is 2.37. The summed E-state index contributed by atoms with van der Waals surface area (Å²) in [6.07, 6.45) is 1.25. The molecular formula is C11H11ClN2S. The monoisotopic (exact) mass is 238 g/mol. The van der Waals surface area contributed by atoms with Gasteiger partial charge in [-0.05, 0) is 24.5 Å². The fourth-order valence-electron chi connectivity index (χ4n) is 1.66. The van der Waals surface area contributed by atoms with E-state index in [9.17, 15) is 0 Å². The van der Waals surface area contributed by atoms with E-state index < -0.39 is 0 Å². The molecule has 0 saturated heterocycles. The molecule has 2 unspecified atom stereocenters. The second-order valence-electron chi connectivity index (χ2n) is 4.07. The lowest BCUT2D eigenvalue weighted by Gasteiger charge is -1.96. The predicted molar refractivity (Wildman–Crippen MR) is 65.8 cm³/mol. The van der Waals surface area contributed by atoms with E-state index in [2.05, 4.69) is 17.2 Å². The number of halogens is 1. The van der Waals surface area contributed by atoms with Gasteiger partial charge in [-0.2, -0.15) is 0 Å². The van der Waals surface area contributed by atoms with Crippen molar-refractivity contribution < 1.29 is 0 Å². The van der Waals surface area contributed by atoms with Crippen LogP contribution in [0.25, 0.3) is 10.2 Å². The molecule has 15 heavy (non-hydrogen) atoms. The van der Waals surface area contributed by atoms with Crippen molar-refractivity contribution in [3.05, 3.63) is 23.2 Å². The van der Waals surface area contributed by atoms with Gasteiger partial charge in [0.05, 0.1) is 15.2 Å². The first kappa shape index (κ1) is 9.43. The molecule has 0 amide bonds. The maximum Gasteiger partial charge on any atom is 0.184 e. The van der Waals surface area contributed by atoms with Crippen molar-refractivity contribution in [1.29, 1.82) is 0 Å². The minimum absolute atomic E-state index is 0.615. The molecule has 1 aliphatic rings. The summed E-state index contributed by atoms with van der Waals surface area (Å²) in [5, 5.41) is 5.22. The summed E-state index contributed by atoms with van der Waals surface area (Å²) in [4.78, 5) is 4.51. The molecule has 0 radical (unpaired) electrons. The molecule has 0 bridgehead atoms. The molecule has 3 rings (SSSR count). The van der Waals surface area contributed by atoms with E-state index >= 15 is 0 Å². The highest BCUT2D eigenvalue weighted by molar-refractivity contribution is 7.22. The van der Waals surface area contributed by atoms with Gasteiger partial charge in [0.25, 0.3) is 0 Å². The summed E-state index contributed by atoms with van der Waals surface area (Å²) >= 11 is 7.73. The number of nitrogens with one attached hydrogen (secondary N) is 1. The van der Waals surface area contributed by atoms with Gasteiger partial charge in [-0.3, -0.25) is 0 Å². The van der Waals surface area contributed by atoms with E-state index in [4.69, 9.17) is 11.6 Å². The molecule has 2 nitrogen and oxygen atoms in total. The molecule has 1 N–H and O–H groups in total. The van der Waals surface area contributed by atoms with Gasteiger partial charge in [-0.15, -0.1) is 0 Å². The van der Waals surface area contributed by atoms with Crippen molar-refractivity contribution in [2.45, 2.75) is 19.4 Å². The number of aromatic nitrogens is 1. The summed E-state index contributed by atoms with van der Waals surface area (Å²) in [6, 6.07) is 6.46. The molecule has 1 aliphatic carbocycles. The zero-order valence-corrected chi connectivity index (χ0v) is 9.90. The second kappa shape index (κ2) is 3.35. The first-order chi connectivity index (χ1) is 7.24. The minimum atomic E-state index is 0.615. The molecule has 1 aromatic carbocycles. The van der Waals surface area contributed by atoms with Gasteiger partial charge in [0.1, 0.15) is 0 Å². The third-order valence-corrected chi connectivity index (χ3v) is 4.25. The highest BCUT2D eigenvalue weighted by Gasteiger charge is 2.33. The van der Waals surface area contributed by atoms with E-state index in [-0.39, 0.29) is 0 Å². The molecule has 1 saturated carbocycles. The van der Waals surface area contributed by atoms with Gasteiger partial charge < -0.3 is 5.32 Å². The Balaban J connectivity index is 1.96. The van der Waals surface area contributed by atoms with Crippen molar-refractivity contribution in [1.82, 2.24) is 4.98 Å². The molecule has 2 atom stereocenters. The van der Waals surface area contributed by atoms with Crippen LogP contribution >= 0.6 is 22.9 Å². The van der Waals surface area contributed by atoms with Gasteiger partial charge in [-0.25, -0.2) is 4.98 Å². The number of thiazole rings is 1. The van der Waals surface area contributed by atoms with Crippen molar-refractivity contribution in [3.8, 4) is 0 Å². The third-order valence-electron chi connectivity index (χ3n) is 2.79. The van der Waals surface area contributed by atoms with Crippen LogP contribution in [-0.4, -0.2) is 11.0 Å². The molecule has 0 aliphatic heterocycles. The average Bonchev–Trinajstić information content (AvgIpc) is 2.75. The van der Waals surface area contributed by atoms with E-state index in [1.54, 1.807) is 11.3 Å². The fourth-order valence-corrected chi connectivity index (χ4v) is 2.88. The van der Waals surface area contributed by atoms with Crippen LogP contribution in [0.1, 0.15) is 13.3 Å². The number of rotatable bonds is 2. The van der Waals surface area contributed by atoms with Crippen LogP contribution in [0.15, 0.2) is 18.2 Å². The van der Waals surface area contributed by atoms with Crippen molar-refractivity contribution >= 4 is 38.3 Å². The van der Waals surface area contributed by atoms with Gasteiger partial charge in [0.15, 0.2) is 5.13 Å². The van der Waals surface area contributed by atoms with Crippen LogP contribution in [0.5, 0.6) is 0 Å². The first-order valence-corrected chi connectivity index (χ1v) is 6.25. The number of benzene rings is 1. The average molecular weight is 239 g/mol. The normalized spacial score (nSPS) is 24.4. The number of fused-ring (bicyclic) bond motifs is 1. The van der Waals surface area contributed by atoms with Gasteiger partial charge in [0, 0.05) is 6.04 Å². The second-order valence-corrected chi connectivity index (χ2v) is 5.48. The molecule has 1 aromatic heterocycles. The number of nitrogens with zero attached hydrogens (tertiary/aromatic N) is 1. The number of hydrogen-bond donors (Lipinski definition) is 1. The maximum atomic E-state index is 6.09. The Labute approximate surface area is 97.3 Å². The molecule has 78 valence electrons. The minimum Gasteiger partial charge on any atom is -0.358 e. The van der Waals surface area contributed by atoms with E-state index in [0.29, 0.717) is 6.04 Å². The largest absolute Gasteiger partial charge is 0.358 e. The Morgan fingerprint density at radius 2 is 2.33 bits per heavy atom. The van der Waals surface area contributed by atoms with Gasteiger partial charge in [-0.1, -0.05) is 35.9 Å². The maximum absolute atomic E-state index is 6.09. The van der Waals surface area contributed by atoms with Crippen LogP contribution in [0.3, 0.4) is 0 Å². The van der Waals surface area contributed by atoms with Gasteiger partial charge in [0.2, 0.25) is 0 Å². The summed E-state index contributed by atoms with van der Waals surface area (Å²) in [5.74, 6) is 0.785. The molecular weight excluding hydrogens is 228 g/mol. The lowest BCUT2D eigenvalue weighted by Crippen LogP contribution is -2.02. The molecule has 1 heterocycles. The SMILES string of the molecule is CC1CC1Nc1nc2cccc(Cl)c2s1. The Kier molecular flexibility index (Phi) is 2.11. The van der Waals surface area contributed by atoms with Crippen LogP contribution in [0, 0.1) is 5.92 Å². The predicted octanol–water partition coefficient (Wildman–Crippen LogP) is 3.77. The Bertz CT molecular complexity index is 508. The summed E-state index contributed by atoms with van der Waals surface area (Å²) in [6.45, 7) is 2.25. The molecule has 1 fully saturated rings. The van der Waals surface area contributed by atoms with Crippen molar-refractivity contribution in [2.24, 2.45) is 5.92 Å². The summed E-state index contributed by atoms with van der Waals surface area (Å²) < 4.78 is 1.08. The first-order valence-electron chi connectivity index (χ1n) is 5.05. The lowest BCUT2D eigenvalue weighted by molar-refractivity contribution is 0.928. The number of anilines is 1. The summed E-state index contributed by atoms with van der Waals surface area (Å²) in [5.41, 5.74) is 0.989. The zero-order chi connectivity index (χ0) is 10.4. The third kappa shape index (κ3) is 1.70. The van der Waals surface area contributed by atoms with Gasteiger partial charge >= 0.3 is 0 Å². The van der Waals surface area contributed by atoms with Crippen LogP contribution in [0.2, 0.25) is 5.02 Å². The molecule has 4 heteroatoms. The quantitative estimate of drug-likeness (QED) is 0.862. The van der Waals surface area contributed by atoms with E-state index in [1.165, 1.54) is 6.42 Å². The highest BCUT2D eigenvalue weighted by atomic mass is 35.5. The Morgan fingerprint density at radius 3 is 3.00 bits per heavy atom.